The molecule has 0 aromatic heterocycles. The van der Waals surface area contributed by atoms with Crippen molar-refractivity contribution >= 4 is 27.5 Å². The lowest BCUT2D eigenvalue weighted by atomic mass is 10.2. The highest BCUT2D eigenvalue weighted by molar-refractivity contribution is 9.10. The molecule has 1 amide bonds. The molecule has 0 spiro atoms. The van der Waals surface area contributed by atoms with Gasteiger partial charge in [0.2, 0.25) is 5.91 Å². The van der Waals surface area contributed by atoms with Crippen LogP contribution in [0.3, 0.4) is 0 Å². The molecule has 0 radical (unpaired) electrons. The summed E-state index contributed by atoms with van der Waals surface area (Å²) in [6, 6.07) is 7.90. The van der Waals surface area contributed by atoms with Crippen LogP contribution in [0.5, 0.6) is 0 Å². The zero-order chi connectivity index (χ0) is 13.8. The van der Waals surface area contributed by atoms with Crippen LogP contribution in [0.15, 0.2) is 28.7 Å². The Hall–Kier alpha value is -0.910. The molecular weight excluding hydrogens is 308 g/mol. The number of anilines is 1. The molecule has 1 fully saturated rings. The van der Waals surface area contributed by atoms with Gasteiger partial charge < -0.3 is 10.1 Å². The van der Waals surface area contributed by atoms with Crippen molar-refractivity contribution in [1.82, 2.24) is 4.90 Å². The quantitative estimate of drug-likeness (QED) is 0.927. The fourth-order valence-corrected chi connectivity index (χ4v) is 2.51. The standard InChI is InChI=1S/C14H19BrN2O2/c1-10-9-19-11(2)7-17(10)8-14(18)16-13-6-4-3-5-12(13)15/h3-6,10-11H,7-9H2,1-2H3,(H,16,18). The van der Waals surface area contributed by atoms with Crippen LogP contribution in [0, 0.1) is 0 Å². The van der Waals surface area contributed by atoms with E-state index < -0.39 is 0 Å². The van der Waals surface area contributed by atoms with Crippen molar-refractivity contribution in [2.45, 2.75) is 26.0 Å². The van der Waals surface area contributed by atoms with E-state index in [9.17, 15) is 4.79 Å². The molecule has 2 unspecified atom stereocenters. The Kier molecular flexibility index (Phi) is 4.96. The van der Waals surface area contributed by atoms with Gasteiger partial charge in [0.25, 0.3) is 0 Å². The second kappa shape index (κ2) is 6.50. The number of benzene rings is 1. The summed E-state index contributed by atoms with van der Waals surface area (Å²) in [4.78, 5) is 14.2. The summed E-state index contributed by atoms with van der Waals surface area (Å²) >= 11 is 3.42. The maximum Gasteiger partial charge on any atom is 0.238 e. The minimum absolute atomic E-state index is 0.00727. The number of carbonyl (C=O) groups excluding carboxylic acids is 1. The molecule has 0 aliphatic carbocycles. The lowest BCUT2D eigenvalue weighted by Crippen LogP contribution is -2.50. The third-order valence-corrected chi connectivity index (χ3v) is 3.92. The third-order valence-electron chi connectivity index (χ3n) is 3.23. The Balaban J connectivity index is 1.92. The fourth-order valence-electron chi connectivity index (χ4n) is 2.13. The van der Waals surface area contributed by atoms with Gasteiger partial charge in [-0.1, -0.05) is 12.1 Å². The van der Waals surface area contributed by atoms with Crippen molar-refractivity contribution in [3.8, 4) is 0 Å². The number of rotatable bonds is 3. The Morgan fingerprint density at radius 3 is 2.95 bits per heavy atom. The minimum Gasteiger partial charge on any atom is -0.376 e. The Labute approximate surface area is 122 Å². The lowest BCUT2D eigenvalue weighted by Gasteiger charge is -2.36. The van der Waals surface area contributed by atoms with Crippen molar-refractivity contribution in [2.24, 2.45) is 0 Å². The topological polar surface area (TPSA) is 41.6 Å². The zero-order valence-electron chi connectivity index (χ0n) is 11.2. The first-order valence-electron chi connectivity index (χ1n) is 6.46. The normalized spacial score (nSPS) is 24.2. The smallest absolute Gasteiger partial charge is 0.238 e. The number of hydrogen-bond acceptors (Lipinski definition) is 3. The van der Waals surface area contributed by atoms with Gasteiger partial charge in [0.15, 0.2) is 0 Å². The Bertz CT molecular complexity index is 453. The number of ether oxygens (including phenoxy) is 1. The van der Waals surface area contributed by atoms with Crippen LogP contribution in [0.4, 0.5) is 5.69 Å². The summed E-state index contributed by atoms with van der Waals surface area (Å²) in [5.41, 5.74) is 0.807. The number of morpholine rings is 1. The van der Waals surface area contributed by atoms with Gasteiger partial charge in [0.05, 0.1) is 24.9 Å². The molecule has 1 aromatic rings. The second-order valence-corrected chi connectivity index (χ2v) is 5.80. The maximum atomic E-state index is 12.1. The first-order chi connectivity index (χ1) is 9.06. The van der Waals surface area contributed by atoms with Gasteiger partial charge >= 0.3 is 0 Å². The number of nitrogens with one attached hydrogen (secondary N) is 1. The maximum absolute atomic E-state index is 12.1. The monoisotopic (exact) mass is 326 g/mol. The van der Waals surface area contributed by atoms with E-state index >= 15 is 0 Å². The number of halogens is 1. The number of hydrogen-bond donors (Lipinski definition) is 1. The summed E-state index contributed by atoms with van der Waals surface area (Å²) in [6.45, 7) is 5.99. The first kappa shape index (κ1) is 14.5. The van der Waals surface area contributed by atoms with Gasteiger partial charge in [-0.3, -0.25) is 9.69 Å². The number of nitrogens with zero attached hydrogens (tertiary/aromatic N) is 1. The molecule has 1 aromatic carbocycles. The molecule has 19 heavy (non-hydrogen) atoms. The number of carbonyl (C=O) groups is 1. The molecule has 0 bridgehead atoms. The highest BCUT2D eigenvalue weighted by Crippen LogP contribution is 2.21. The molecule has 4 nitrogen and oxygen atoms in total. The SMILES string of the molecule is CC1CN(CC(=O)Nc2ccccc2Br)C(C)CO1. The largest absolute Gasteiger partial charge is 0.376 e. The molecule has 2 atom stereocenters. The zero-order valence-corrected chi connectivity index (χ0v) is 12.8. The van der Waals surface area contributed by atoms with E-state index in [1.54, 1.807) is 0 Å². The molecule has 1 aliphatic rings. The number of para-hydroxylation sites is 1. The van der Waals surface area contributed by atoms with Crippen molar-refractivity contribution in [2.75, 3.05) is 25.0 Å². The van der Waals surface area contributed by atoms with Crippen molar-refractivity contribution in [3.63, 3.8) is 0 Å². The molecule has 0 saturated carbocycles. The van der Waals surface area contributed by atoms with E-state index in [-0.39, 0.29) is 18.1 Å². The molecule has 1 heterocycles. The van der Waals surface area contributed by atoms with Crippen LogP contribution in [-0.4, -0.2) is 42.6 Å². The molecule has 2 rings (SSSR count). The summed E-state index contributed by atoms with van der Waals surface area (Å²) in [5, 5.41) is 2.92. The van der Waals surface area contributed by atoms with Gasteiger partial charge in [-0.2, -0.15) is 0 Å². The Morgan fingerprint density at radius 2 is 2.21 bits per heavy atom. The minimum atomic E-state index is 0.00727. The van der Waals surface area contributed by atoms with Crippen molar-refractivity contribution < 1.29 is 9.53 Å². The summed E-state index contributed by atoms with van der Waals surface area (Å²) < 4.78 is 6.45. The molecule has 104 valence electrons. The molecule has 1 aliphatic heterocycles. The Morgan fingerprint density at radius 1 is 1.47 bits per heavy atom. The van der Waals surface area contributed by atoms with E-state index in [0.29, 0.717) is 13.2 Å². The van der Waals surface area contributed by atoms with Crippen LogP contribution in [0.2, 0.25) is 0 Å². The van der Waals surface area contributed by atoms with Gasteiger partial charge in [-0.25, -0.2) is 0 Å². The van der Waals surface area contributed by atoms with Gasteiger partial charge in [-0.05, 0) is 41.9 Å². The molecule has 1 saturated heterocycles. The lowest BCUT2D eigenvalue weighted by molar-refractivity contribution is -0.121. The van der Waals surface area contributed by atoms with E-state index in [2.05, 4.69) is 33.1 Å². The highest BCUT2D eigenvalue weighted by Gasteiger charge is 2.25. The van der Waals surface area contributed by atoms with Gasteiger partial charge in [0, 0.05) is 17.1 Å². The van der Waals surface area contributed by atoms with Crippen LogP contribution < -0.4 is 5.32 Å². The molecular formula is C14H19BrN2O2. The van der Waals surface area contributed by atoms with Crippen LogP contribution in [0.1, 0.15) is 13.8 Å². The van der Waals surface area contributed by atoms with Crippen LogP contribution >= 0.6 is 15.9 Å². The highest BCUT2D eigenvalue weighted by atomic mass is 79.9. The number of amides is 1. The van der Waals surface area contributed by atoms with Gasteiger partial charge in [-0.15, -0.1) is 0 Å². The summed E-state index contributed by atoms with van der Waals surface area (Å²) in [5.74, 6) is 0.00727. The second-order valence-electron chi connectivity index (χ2n) is 4.95. The average Bonchev–Trinajstić information content (AvgIpc) is 2.37. The van der Waals surface area contributed by atoms with Crippen molar-refractivity contribution in [1.29, 1.82) is 0 Å². The van der Waals surface area contributed by atoms with E-state index in [1.807, 2.05) is 31.2 Å². The fraction of sp³-hybridized carbons (Fsp3) is 0.500. The third kappa shape index (κ3) is 4.03. The summed E-state index contributed by atoms with van der Waals surface area (Å²) in [6.07, 6.45) is 0.187. The molecule has 1 N–H and O–H groups in total. The summed E-state index contributed by atoms with van der Waals surface area (Å²) in [7, 11) is 0. The van der Waals surface area contributed by atoms with Crippen molar-refractivity contribution in [3.05, 3.63) is 28.7 Å². The van der Waals surface area contributed by atoms with E-state index in [1.165, 1.54) is 0 Å². The van der Waals surface area contributed by atoms with E-state index in [4.69, 9.17) is 4.74 Å². The van der Waals surface area contributed by atoms with Crippen LogP contribution in [-0.2, 0) is 9.53 Å². The first-order valence-corrected chi connectivity index (χ1v) is 7.25. The van der Waals surface area contributed by atoms with E-state index in [0.717, 1.165) is 16.7 Å². The average molecular weight is 327 g/mol. The molecule has 5 heteroatoms. The van der Waals surface area contributed by atoms with Crippen LogP contribution in [0.25, 0.3) is 0 Å². The predicted octanol–water partition coefficient (Wildman–Crippen LogP) is 2.50. The predicted molar refractivity (Wildman–Crippen MR) is 79.2 cm³/mol. The van der Waals surface area contributed by atoms with Gasteiger partial charge in [0.1, 0.15) is 0 Å².